The number of hydrogen-bond acceptors (Lipinski definition) is 4. The first-order valence-electron chi connectivity index (χ1n) is 7.10. The number of hydrogen-bond donors (Lipinski definition) is 0. The van der Waals surface area contributed by atoms with Gasteiger partial charge in [-0.1, -0.05) is 23.8 Å². The Kier molecular flexibility index (Phi) is 5.72. The van der Waals surface area contributed by atoms with Crippen LogP contribution in [0.3, 0.4) is 0 Å². The van der Waals surface area contributed by atoms with Gasteiger partial charge in [0.1, 0.15) is 19.0 Å². The highest BCUT2D eigenvalue weighted by molar-refractivity contribution is 5.87. The molecule has 0 amide bonds. The van der Waals surface area contributed by atoms with E-state index in [9.17, 15) is 4.79 Å². The molecule has 0 N–H and O–H groups in total. The van der Waals surface area contributed by atoms with E-state index < -0.39 is 0 Å². The Morgan fingerprint density at radius 3 is 2.82 bits per heavy atom. The topological polar surface area (TPSA) is 48.4 Å². The van der Waals surface area contributed by atoms with Crippen LogP contribution in [0.5, 0.6) is 5.75 Å². The zero-order valence-corrected chi connectivity index (χ0v) is 12.8. The molecule has 0 spiro atoms. The van der Waals surface area contributed by atoms with Gasteiger partial charge in [0.2, 0.25) is 0 Å². The maximum Gasteiger partial charge on any atom is 0.330 e. The predicted molar refractivity (Wildman–Crippen MR) is 85.6 cm³/mol. The number of rotatable bonds is 6. The second kappa shape index (κ2) is 7.98. The Hall–Kier alpha value is -2.62. The summed E-state index contributed by atoms with van der Waals surface area (Å²) >= 11 is 0. The molecule has 0 aliphatic rings. The number of nitrogens with zero attached hydrogens (tertiary/aromatic N) is 1. The minimum Gasteiger partial charge on any atom is -0.488 e. The van der Waals surface area contributed by atoms with Crippen molar-refractivity contribution >= 4 is 12.0 Å². The number of ether oxygens (including phenoxy) is 2. The van der Waals surface area contributed by atoms with Crippen molar-refractivity contribution in [2.75, 3.05) is 13.2 Å². The standard InChI is InChI=1S/C18H19NO3/c1-14-5-6-16(15(2)12-14)7-8-18(20)22-11-10-21-17-4-3-9-19-13-17/h3-9,12-13H,10-11H2,1-2H3/b8-7+. The maximum atomic E-state index is 11.6. The van der Waals surface area contributed by atoms with Crippen LogP contribution in [0.15, 0.2) is 48.8 Å². The van der Waals surface area contributed by atoms with Gasteiger partial charge in [0.15, 0.2) is 0 Å². The molecule has 0 fully saturated rings. The van der Waals surface area contributed by atoms with Gasteiger partial charge in [-0.2, -0.15) is 0 Å². The van der Waals surface area contributed by atoms with E-state index in [0.717, 1.165) is 11.1 Å². The van der Waals surface area contributed by atoms with E-state index in [2.05, 4.69) is 11.1 Å². The van der Waals surface area contributed by atoms with Gasteiger partial charge in [-0.15, -0.1) is 0 Å². The largest absolute Gasteiger partial charge is 0.488 e. The summed E-state index contributed by atoms with van der Waals surface area (Å²) in [5.74, 6) is 0.277. The molecular weight excluding hydrogens is 278 g/mol. The van der Waals surface area contributed by atoms with Crippen molar-refractivity contribution < 1.29 is 14.3 Å². The van der Waals surface area contributed by atoms with Crippen molar-refractivity contribution in [2.24, 2.45) is 0 Å². The molecule has 1 aromatic heterocycles. The highest BCUT2D eigenvalue weighted by atomic mass is 16.6. The first kappa shape index (κ1) is 15.8. The molecule has 0 bridgehead atoms. The Balaban J connectivity index is 1.74. The van der Waals surface area contributed by atoms with Crippen molar-refractivity contribution in [2.45, 2.75) is 13.8 Å². The fourth-order valence-corrected chi connectivity index (χ4v) is 1.95. The highest BCUT2D eigenvalue weighted by Gasteiger charge is 1.99. The summed E-state index contributed by atoms with van der Waals surface area (Å²) in [5, 5.41) is 0. The number of pyridine rings is 1. The molecule has 4 heteroatoms. The van der Waals surface area contributed by atoms with Crippen molar-refractivity contribution in [3.05, 3.63) is 65.5 Å². The van der Waals surface area contributed by atoms with Crippen LogP contribution in [0.2, 0.25) is 0 Å². The molecule has 2 rings (SSSR count). The van der Waals surface area contributed by atoms with Gasteiger partial charge in [-0.25, -0.2) is 4.79 Å². The molecule has 0 saturated heterocycles. The molecule has 114 valence electrons. The van der Waals surface area contributed by atoms with E-state index in [1.807, 2.05) is 26.0 Å². The van der Waals surface area contributed by atoms with Crippen LogP contribution in [0.25, 0.3) is 6.08 Å². The van der Waals surface area contributed by atoms with Crippen molar-refractivity contribution in [1.82, 2.24) is 4.98 Å². The fourth-order valence-electron chi connectivity index (χ4n) is 1.95. The van der Waals surface area contributed by atoms with Gasteiger partial charge in [0.05, 0.1) is 6.20 Å². The summed E-state index contributed by atoms with van der Waals surface area (Å²) in [7, 11) is 0. The lowest BCUT2D eigenvalue weighted by atomic mass is 10.1. The molecule has 0 aliphatic heterocycles. The maximum absolute atomic E-state index is 11.6. The van der Waals surface area contributed by atoms with E-state index in [1.165, 1.54) is 11.6 Å². The summed E-state index contributed by atoms with van der Waals surface area (Å²) in [5.41, 5.74) is 3.34. The Bertz CT molecular complexity index is 651. The summed E-state index contributed by atoms with van der Waals surface area (Å²) in [4.78, 5) is 15.6. The molecule has 0 unspecified atom stereocenters. The Morgan fingerprint density at radius 2 is 2.09 bits per heavy atom. The predicted octanol–water partition coefficient (Wildman–Crippen LogP) is 3.33. The molecule has 22 heavy (non-hydrogen) atoms. The average Bonchev–Trinajstić information content (AvgIpc) is 2.52. The number of benzene rings is 1. The molecule has 0 atom stereocenters. The summed E-state index contributed by atoms with van der Waals surface area (Å²) in [6, 6.07) is 9.66. The average molecular weight is 297 g/mol. The van der Waals surface area contributed by atoms with Crippen LogP contribution >= 0.6 is 0 Å². The van der Waals surface area contributed by atoms with E-state index in [-0.39, 0.29) is 12.6 Å². The van der Waals surface area contributed by atoms with Gasteiger partial charge in [-0.3, -0.25) is 4.98 Å². The fraction of sp³-hybridized carbons (Fsp3) is 0.222. The van der Waals surface area contributed by atoms with E-state index in [0.29, 0.717) is 12.4 Å². The smallest absolute Gasteiger partial charge is 0.330 e. The lowest BCUT2D eigenvalue weighted by Crippen LogP contribution is -2.10. The first-order chi connectivity index (χ1) is 10.6. The monoisotopic (exact) mass is 297 g/mol. The molecule has 0 aliphatic carbocycles. The van der Waals surface area contributed by atoms with Crippen LogP contribution < -0.4 is 4.74 Å². The minimum absolute atomic E-state index is 0.199. The SMILES string of the molecule is Cc1ccc(/C=C/C(=O)OCCOc2cccnc2)c(C)c1. The molecule has 0 radical (unpaired) electrons. The number of aromatic nitrogens is 1. The third-order valence-electron chi connectivity index (χ3n) is 3.06. The van der Waals surface area contributed by atoms with Gasteiger partial charge < -0.3 is 9.47 Å². The highest BCUT2D eigenvalue weighted by Crippen LogP contribution is 2.12. The number of carbonyl (C=O) groups excluding carboxylic acids is 1. The number of aryl methyl sites for hydroxylation is 2. The summed E-state index contributed by atoms with van der Waals surface area (Å²) < 4.78 is 10.5. The number of carbonyl (C=O) groups is 1. The summed E-state index contributed by atoms with van der Waals surface area (Å²) in [6.45, 7) is 4.55. The molecular formula is C18H19NO3. The van der Waals surface area contributed by atoms with E-state index >= 15 is 0 Å². The second-order valence-electron chi connectivity index (χ2n) is 4.90. The minimum atomic E-state index is -0.380. The quantitative estimate of drug-likeness (QED) is 0.466. The van der Waals surface area contributed by atoms with Gasteiger partial charge in [-0.05, 0) is 43.2 Å². The zero-order chi connectivity index (χ0) is 15.8. The third kappa shape index (κ3) is 5.05. The Morgan fingerprint density at radius 1 is 1.23 bits per heavy atom. The number of esters is 1. The summed E-state index contributed by atoms with van der Waals surface area (Å²) in [6.07, 6.45) is 6.48. The molecule has 1 heterocycles. The van der Waals surface area contributed by atoms with Crippen molar-refractivity contribution in [3.8, 4) is 5.75 Å². The first-order valence-corrected chi connectivity index (χ1v) is 7.10. The van der Waals surface area contributed by atoms with Crippen LogP contribution in [0.1, 0.15) is 16.7 Å². The molecule has 0 saturated carbocycles. The second-order valence-corrected chi connectivity index (χ2v) is 4.90. The normalized spacial score (nSPS) is 10.6. The van der Waals surface area contributed by atoms with Gasteiger partial charge >= 0.3 is 5.97 Å². The van der Waals surface area contributed by atoms with Crippen LogP contribution in [-0.4, -0.2) is 24.2 Å². The lowest BCUT2D eigenvalue weighted by molar-refractivity contribution is -0.138. The third-order valence-corrected chi connectivity index (χ3v) is 3.06. The van der Waals surface area contributed by atoms with E-state index in [1.54, 1.807) is 30.6 Å². The molecule has 2 aromatic rings. The van der Waals surface area contributed by atoms with Crippen molar-refractivity contribution in [3.63, 3.8) is 0 Å². The molecule has 1 aromatic carbocycles. The van der Waals surface area contributed by atoms with Crippen LogP contribution in [0, 0.1) is 13.8 Å². The van der Waals surface area contributed by atoms with Crippen LogP contribution in [-0.2, 0) is 9.53 Å². The van der Waals surface area contributed by atoms with Crippen molar-refractivity contribution in [1.29, 1.82) is 0 Å². The van der Waals surface area contributed by atoms with E-state index in [4.69, 9.17) is 9.47 Å². The van der Waals surface area contributed by atoms with Gasteiger partial charge in [0, 0.05) is 12.3 Å². The molecule has 4 nitrogen and oxygen atoms in total. The Labute approximate surface area is 130 Å². The zero-order valence-electron chi connectivity index (χ0n) is 12.8. The lowest BCUT2D eigenvalue weighted by Gasteiger charge is -2.05. The van der Waals surface area contributed by atoms with Crippen LogP contribution in [0.4, 0.5) is 0 Å². The van der Waals surface area contributed by atoms with Gasteiger partial charge in [0.25, 0.3) is 0 Å².